The number of carbonyl (C=O) groups excluding carboxylic acids is 2. The molecule has 0 unspecified atom stereocenters. The van der Waals surface area contributed by atoms with Gasteiger partial charge in [-0.2, -0.15) is 0 Å². The highest BCUT2D eigenvalue weighted by atomic mass is 16.5. The Labute approximate surface area is 149 Å². The Bertz CT molecular complexity index is 609. The molecular formula is C19H28N2O4. The van der Waals surface area contributed by atoms with E-state index in [9.17, 15) is 9.59 Å². The average molecular weight is 348 g/mol. The van der Waals surface area contributed by atoms with Gasteiger partial charge in [-0.1, -0.05) is 32.0 Å². The van der Waals surface area contributed by atoms with Crippen molar-refractivity contribution in [3.05, 3.63) is 29.8 Å². The van der Waals surface area contributed by atoms with Gasteiger partial charge in [-0.05, 0) is 25.0 Å². The van der Waals surface area contributed by atoms with Gasteiger partial charge in [-0.15, -0.1) is 0 Å². The summed E-state index contributed by atoms with van der Waals surface area (Å²) in [6.07, 6.45) is 0.529. The number of hydrogen-bond donors (Lipinski definition) is 1. The minimum atomic E-state index is -0.659. The van der Waals surface area contributed by atoms with Gasteiger partial charge in [-0.25, -0.2) is 0 Å². The highest BCUT2D eigenvalue weighted by Crippen LogP contribution is 2.28. The van der Waals surface area contributed by atoms with Crippen LogP contribution in [0.3, 0.4) is 0 Å². The number of methoxy groups -OCH3 is 1. The first kappa shape index (κ1) is 19.2. The van der Waals surface area contributed by atoms with Crippen molar-refractivity contribution < 1.29 is 19.1 Å². The number of benzene rings is 1. The molecule has 25 heavy (non-hydrogen) atoms. The maximum Gasteiger partial charge on any atom is 0.245 e. The van der Waals surface area contributed by atoms with Gasteiger partial charge in [0.1, 0.15) is 11.8 Å². The van der Waals surface area contributed by atoms with Crippen LogP contribution in [-0.2, 0) is 20.7 Å². The SMILES string of the molecule is COc1ccccc1CC(C)(C)C(=O)N[C@H](C)C(=O)N1CCOCC1. The normalized spacial score (nSPS) is 16.2. The molecule has 0 aliphatic carbocycles. The standard InChI is InChI=1S/C19H28N2O4/c1-14(17(22)21-9-11-25-12-10-21)20-18(23)19(2,3)13-15-7-5-6-8-16(15)24-4/h5-8,14H,9-13H2,1-4H3,(H,20,23)/t14-/m1/s1. The third kappa shape index (κ3) is 4.95. The van der Waals surface area contributed by atoms with Gasteiger partial charge >= 0.3 is 0 Å². The van der Waals surface area contributed by atoms with Gasteiger partial charge < -0.3 is 19.7 Å². The molecule has 1 atom stereocenters. The predicted molar refractivity (Wildman–Crippen MR) is 95.5 cm³/mol. The fourth-order valence-electron chi connectivity index (χ4n) is 2.92. The summed E-state index contributed by atoms with van der Waals surface area (Å²) in [5.74, 6) is 0.554. The first-order valence-electron chi connectivity index (χ1n) is 8.64. The van der Waals surface area contributed by atoms with Crippen LogP contribution in [0.1, 0.15) is 26.3 Å². The van der Waals surface area contributed by atoms with Crippen LogP contribution < -0.4 is 10.1 Å². The van der Waals surface area contributed by atoms with Crippen molar-refractivity contribution >= 4 is 11.8 Å². The third-order valence-electron chi connectivity index (χ3n) is 4.48. The lowest BCUT2D eigenvalue weighted by Gasteiger charge is -2.31. The minimum absolute atomic E-state index is 0.0651. The van der Waals surface area contributed by atoms with Gasteiger partial charge in [-0.3, -0.25) is 9.59 Å². The summed E-state index contributed by atoms with van der Waals surface area (Å²) in [4.78, 5) is 26.9. The van der Waals surface area contributed by atoms with Gasteiger partial charge in [0.25, 0.3) is 0 Å². The molecule has 138 valence electrons. The quantitative estimate of drug-likeness (QED) is 0.848. The number of ether oxygens (including phenoxy) is 2. The molecule has 1 aliphatic rings. The molecule has 0 saturated carbocycles. The van der Waals surface area contributed by atoms with Gasteiger partial charge in [0.2, 0.25) is 11.8 Å². The third-order valence-corrected chi connectivity index (χ3v) is 4.48. The first-order chi connectivity index (χ1) is 11.8. The zero-order valence-corrected chi connectivity index (χ0v) is 15.5. The summed E-state index contributed by atoms with van der Waals surface area (Å²) in [5, 5.41) is 2.86. The van der Waals surface area contributed by atoms with Gasteiger partial charge in [0.05, 0.1) is 20.3 Å². The molecule has 6 heteroatoms. The molecule has 1 saturated heterocycles. The number of nitrogens with one attached hydrogen (secondary N) is 1. The molecule has 0 bridgehead atoms. The largest absolute Gasteiger partial charge is 0.496 e. The minimum Gasteiger partial charge on any atom is -0.496 e. The smallest absolute Gasteiger partial charge is 0.245 e. The van der Waals surface area contributed by atoms with E-state index in [1.54, 1.807) is 18.9 Å². The molecular weight excluding hydrogens is 320 g/mol. The highest BCUT2D eigenvalue weighted by molar-refractivity contribution is 5.89. The maximum absolute atomic E-state index is 12.7. The number of morpholine rings is 1. The van der Waals surface area contributed by atoms with Crippen molar-refractivity contribution in [1.82, 2.24) is 10.2 Å². The lowest BCUT2D eigenvalue weighted by atomic mass is 9.84. The van der Waals surface area contributed by atoms with Crippen LogP contribution in [-0.4, -0.2) is 56.2 Å². The van der Waals surface area contributed by atoms with Crippen LogP contribution in [0, 0.1) is 5.41 Å². The Balaban J connectivity index is 1.98. The van der Waals surface area contributed by atoms with Crippen molar-refractivity contribution in [1.29, 1.82) is 0 Å². The van der Waals surface area contributed by atoms with E-state index in [0.29, 0.717) is 32.7 Å². The fraction of sp³-hybridized carbons (Fsp3) is 0.579. The summed E-state index contributed by atoms with van der Waals surface area (Å²) >= 11 is 0. The van der Waals surface area contributed by atoms with Crippen LogP contribution in [0.5, 0.6) is 5.75 Å². The lowest BCUT2D eigenvalue weighted by Crippen LogP contribution is -2.52. The molecule has 0 spiro atoms. The topological polar surface area (TPSA) is 67.9 Å². The second-order valence-corrected chi connectivity index (χ2v) is 7.01. The molecule has 1 aliphatic heterocycles. The highest BCUT2D eigenvalue weighted by Gasteiger charge is 2.32. The van der Waals surface area contributed by atoms with Gasteiger partial charge in [0.15, 0.2) is 0 Å². The molecule has 0 radical (unpaired) electrons. The molecule has 2 amide bonds. The number of carbonyl (C=O) groups is 2. The van der Waals surface area contributed by atoms with Crippen molar-refractivity contribution in [2.75, 3.05) is 33.4 Å². The average Bonchev–Trinajstić information content (AvgIpc) is 2.61. The predicted octanol–water partition coefficient (Wildman–Crippen LogP) is 1.63. The number of para-hydroxylation sites is 1. The Kier molecular flexibility index (Phi) is 6.42. The summed E-state index contributed by atoms with van der Waals surface area (Å²) in [6.45, 7) is 7.72. The fourth-order valence-corrected chi connectivity index (χ4v) is 2.92. The van der Waals surface area contributed by atoms with Crippen LogP contribution in [0.2, 0.25) is 0 Å². The van der Waals surface area contributed by atoms with Crippen molar-refractivity contribution in [3.8, 4) is 5.75 Å². The van der Waals surface area contributed by atoms with E-state index in [1.165, 1.54) is 0 Å². The summed E-state index contributed by atoms with van der Waals surface area (Å²) in [5.41, 5.74) is 0.311. The van der Waals surface area contributed by atoms with Gasteiger partial charge in [0, 0.05) is 18.5 Å². The summed E-state index contributed by atoms with van der Waals surface area (Å²) < 4.78 is 10.6. The molecule has 1 aromatic carbocycles. The maximum atomic E-state index is 12.7. The summed E-state index contributed by atoms with van der Waals surface area (Å²) in [6, 6.07) is 7.11. The first-order valence-corrected chi connectivity index (χ1v) is 8.64. The summed E-state index contributed by atoms with van der Waals surface area (Å²) in [7, 11) is 1.62. The Morgan fingerprint density at radius 1 is 1.28 bits per heavy atom. The van der Waals surface area contributed by atoms with E-state index >= 15 is 0 Å². The number of rotatable bonds is 6. The number of amides is 2. The van der Waals surface area contributed by atoms with Crippen LogP contribution in [0.4, 0.5) is 0 Å². The van der Waals surface area contributed by atoms with E-state index in [0.717, 1.165) is 11.3 Å². The second-order valence-electron chi connectivity index (χ2n) is 7.01. The Hall–Kier alpha value is -2.08. The Morgan fingerprint density at radius 3 is 2.56 bits per heavy atom. The van der Waals surface area contributed by atoms with Crippen molar-refractivity contribution in [3.63, 3.8) is 0 Å². The van der Waals surface area contributed by atoms with E-state index in [2.05, 4.69) is 5.32 Å². The monoisotopic (exact) mass is 348 g/mol. The molecule has 1 heterocycles. The van der Waals surface area contributed by atoms with Crippen LogP contribution in [0.25, 0.3) is 0 Å². The van der Waals surface area contributed by atoms with E-state index < -0.39 is 11.5 Å². The van der Waals surface area contributed by atoms with E-state index in [4.69, 9.17) is 9.47 Å². The molecule has 2 rings (SSSR count). The van der Waals surface area contributed by atoms with Crippen molar-refractivity contribution in [2.24, 2.45) is 5.41 Å². The zero-order valence-electron chi connectivity index (χ0n) is 15.5. The number of hydrogen-bond acceptors (Lipinski definition) is 4. The molecule has 6 nitrogen and oxygen atoms in total. The van der Waals surface area contributed by atoms with Crippen molar-refractivity contribution in [2.45, 2.75) is 33.2 Å². The van der Waals surface area contributed by atoms with Crippen LogP contribution >= 0.6 is 0 Å². The zero-order chi connectivity index (χ0) is 18.4. The molecule has 1 N–H and O–H groups in total. The molecule has 1 aromatic rings. The second kappa shape index (κ2) is 8.34. The van der Waals surface area contributed by atoms with E-state index in [1.807, 2.05) is 38.1 Å². The number of nitrogens with zero attached hydrogens (tertiary/aromatic N) is 1. The van der Waals surface area contributed by atoms with Crippen LogP contribution in [0.15, 0.2) is 24.3 Å². The Morgan fingerprint density at radius 2 is 1.92 bits per heavy atom. The lowest BCUT2D eigenvalue weighted by molar-refractivity contribution is -0.141. The molecule has 1 fully saturated rings. The molecule has 0 aromatic heterocycles. The van der Waals surface area contributed by atoms with E-state index in [-0.39, 0.29) is 11.8 Å².